The fourth-order valence-corrected chi connectivity index (χ4v) is 3.18. The molecule has 0 unspecified atom stereocenters. The molecule has 0 aliphatic carbocycles. The van der Waals surface area contributed by atoms with Crippen molar-refractivity contribution in [3.05, 3.63) is 53.5 Å². The summed E-state index contributed by atoms with van der Waals surface area (Å²) in [7, 11) is 1.85. The molecule has 1 N–H and O–H groups in total. The molecule has 1 saturated heterocycles. The molecule has 0 spiro atoms. The predicted octanol–water partition coefficient (Wildman–Crippen LogP) is 2.84. The highest BCUT2D eigenvalue weighted by Crippen LogP contribution is 2.20. The average Bonchev–Trinajstić information content (AvgIpc) is 3.15. The van der Waals surface area contributed by atoms with Gasteiger partial charge in [0.2, 0.25) is 0 Å². The third-order valence-corrected chi connectivity index (χ3v) is 4.88. The number of nitrogens with zero attached hydrogens (tertiary/aromatic N) is 3. The summed E-state index contributed by atoms with van der Waals surface area (Å²) in [5.74, 6) is 1.98. The van der Waals surface area contributed by atoms with E-state index in [1.54, 1.807) is 6.26 Å². The first-order valence-corrected chi connectivity index (χ1v) is 8.97. The van der Waals surface area contributed by atoms with Gasteiger partial charge in [0.15, 0.2) is 5.96 Å². The fraction of sp³-hybridized carbons (Fsp3) is 0.450. The Labute approximate surface area is 150 Å². The summed E-state index contributed by atoms with van der Waals surface area (Å²) in [5, 5.41) is 3.45. The van der Waals surface area contributed by atoms with Gasteiger partial charge in [0.25, 0.3) is 0 Å². The Morgan fingerprint density at radius 3 is 2.56 bits per heavy atom. The first-order chi connectivity index (χ1) is 12.2. The molecule has 0 saturated carbocycles. The molecule has 0 amide bonds. The number of nitrogens with one attached hydrogen (secondary N) is 1. The summed E-state index contributed by atoms with van der Waals surface area (Å²) in [6.45, 7) is 9.16. The van der Waals surface area contributed by atoms with Crippen LogP contribution in [0.15, 0.2) is 46.0 Å². The van der Waals surface area contributed by atoms with Crippen LogP contribution in [0.25, 0.3) is 0 Å². The van der Waals surface area contributed by atoms with Gasteiger partial charge in [-0.25, -0.2) is 0 Å². The monoisotopic (exact) mass is 340 g/mol. The molecule has 1 aliphatic rings. The number of rotatable bonds is 4. The number of hydrogen-bond acceptors (Lipinski definition) is 3. The minimum absolute atomic E-state index is 0.831. The Bertz CT molecular complexity index is 700. The topological polar surface area (TPSA) is 44.0 Å². The van der Waals surface area contributed by atoms with Crippen molar-refractivity contribution in [3.8, 4) is 0 Å². The smallest absolute Gasteiger partial charge is 0.193 e. The molecule has 25 heavy (non-hydrogen) atoms. The third kappa shape index (κ3) is 4.35. The summed E-state index contributed by atoms with van der Waals surface area (Å²) < 4.78 is 5.38. The molecule has 134 valence electrons. The number of hydrogen-bond donors (Lipinski definition) is 1. The molecule has 0 atom stereocenters. The van der Waals surface area contributed by atoms with Crippen LogP contribution in [0, 0.1) is 13.8 Å². The van der Waals surface area contributed by atoms with E-state index in [-0.39, 0.29) is 0 Å². The molecule has 0 radical (unpaired) electrons. The standard InChI is InChI=1S/C20H28N4O/c1-16-6-7-18(15-17(16)2)23-10-12-24(13-11-23)20(21-3)22-9-8-19-5-4-14-25-19/h4-7,14-15H,8-13H2,1-3H3,(H,21,22). The lowest BCUT2D eigenvalue weighted by Gasteiger charge is -2.37. The first-order valence-electron chi connectivity index (χ1n) is 8.97. The largest absolute Gasteiger partial charge is 0.469 e. The van der Waals surface area contributed by atoms with Crippen molar-refractivity contribution in [1.29, 1.82) is 0 Å². The number of aliphatic imine (C=N–C) groups is 1. The maximum atomic E-state index is 5.38. The van der Waals surface area contributed by atoms with Crippen LogP contribution < -0.4 is 10.2 Å². The van der Waals surface area contributed by atoms with Gasteiger partial charge in [0.05, 0.1) is 6.26 Å². The van der Waals surface area contributed by atoms with E-state index >= 15 is 0 Å². The second kappa shape index (κ2) is 8.10. The fourth-order valence-electron chi connectivity index (χ4n) is 3.18. The Hall–Kier alpha value is -2.43. The van der Waals surface area contributed by atoms with Crippen molar-refractivity contribution in [2.45, 2.75) is 20.3 Å². The van der Waals surface area contributed by atoms with Crippen molar-refractivity contribution < 1.29 is 4.42 Å². The number of furan rings is 1. The summed E-state index contributed by atoms with van der Waals surface area (Å²) in [6.07, 6.45) is 2.59. The SMILES string of the molecule is CN=C(NCCc1ccco1)N1CCN(c2ccc(C)c(C)c2)CC1. The summed E-state index contributed by atoms with van der Waals surface area (Å²) in [4.78, 5) is 9.23. The number of piperazine rings is 1. The van der Waals surface area contributed by atoms with Gasteiger partial charge in [0.1, 0.15) is 5.76 Å². The van der Waals surface area contributed by atoms with E-state index in [2.05, 4.69) is 52.2 Å². The quantitative estimate of drug-likeness (QED) is 0.687. The highest BCUT2D eigenvalue weighted by molar-refractivity contribution is 5.80. The van der Waals surface area contributed by atoms with E-state index in [1.807, 2.05) is 19.2 Å². The molecule has 5 heteroatoms. The Morgan fingerprint density at radius 1 is 1.12 bits per heavy atom. The summed E-state index contributed by atoms with van der Waals surface area (Å²) in [5.41, 5.74) is 4.03. The predicted molar refractivity (Wildman–Crippen MR) is 103 cm³/mol. The zero-order chi connectivity index (χ0) is 17.6. The molecule has 1 fully saturated rings. The summed E-state index contributed by atoms with van der Waals surface area (Å²) in [6, 6.07) is 10.7. The lowest BCUT2D eigenvalue weighted by atomic mass is 10.1. The minimum Gasteiger partial charge on any atom is -0.469 e. The molecule has 1 aromatic heterocycles. The average molecular weight is 340 g/mol. The van der Waals surface area contributed by atoms with Crippen LogP contribution in [0.3, 0.4) is 0 Å². The van der Waals surface area contributed by atoms with Crippen molar-refractivity contribution in [2.75, 3.05) is 44.7 Å². The Morgan fingerprint density at radius 2 is 1.92 bits per heavy atom. The van der Waals surface area contributed by atoms with Crippen LogP contribution in [0.4, 0.5) is 5.69 Å². The molecule has 1 aromatic carbocycles. The second-order valence-corrected chi connectivity index (χ2v) is 6.55. The Balaban J connectivity index is 1.50. The van der Waals surface area contributed by atoms with E-state index in [9.17, 15) is 0 Å². The Kier molecular flexibility index (Phi) is 5.64. The van der Waals surface area contributed by atoms with E-state index in [0.717, 1.165) is 50.9 Å². The van der Waals surface area contributed by atoms with Crippen molar-refractivity contribution in [2.24, 2.45) is 4.99 Å². The molecule has 3 rings (SSSR count). The lowest BCUT2D eigenvalue weighted by Crippen LogP contribution is -2.52. The van der Waals surface area contributed by atoms with E-state index in [0.29, 0.717) is 0 Å². The minimum atomic E-state index is 0.831. The van der Waals surface area contributed by atoms with Gasteiger partial charge >= 0.3 is 0 Å². The van der Waals surface area contributed by atoms with E-state index in [1.165, 1.54) is 16.8 Å². The molecule has 5 nitrogen and oxygen atoms in total. The van der Waals surface area contributed by atoms with Crippen LogP contribution in [0.5, 0.6) is 0 Å². The van der Waals surface area contributed by atoms with Gasteiger partial charge in [-0.2, -0.15) is 0 Å². The molecule has 1 aliphatic heterocycles. The van der Waals surface area contributed by atoms with Gasteiger partial charge in [0, 0.05) is 51.9 Å². The molecule has 0 bridgehead atoms. The van der Waals surface area contributed by atoms with Gasteiger partial charge in [-0.05, 0) is 49.2 Å². The van der Waals surface area contributed by atoms with Crippen LogP contribution >= 0.6 is 0 Å². The number of aryl methyl sites for hydroxylation is 2. The van der Waals surface area contributed by atoms with Crippen LogP contribution in [0.1, 0.15) is 16.9 Å². The summed E-state index contributed by atoms with van der Waals surface area (Å²) >= 11 is 0. The van der Waals surface area contributed by atoms with Gasteiger partial charge in [-0.15, -0.1) is 0 Å². The van der Waals surface area contributed by atoms with Crippen LogP contribution in [-0.2, 0) is 6.42 Å². The molecule has 2 aromatic rings. The molecular weight excluding hydrogens is 312 g/mol. The molecular formula is C20H28N4O. The normalized spacial score (nSPS) is 15.6. The van der Waals surface area contributed by atoms with Gasteiger partial charge < -0.3 is 19.5 Å². The van der Waals surface area contributed by atoms with Crippen LogP contribution in [0.2, 0.25) is 0 Å². The highest BCUT2D eigenvalue weighted by atomic mass is 16.3. The number of benzene rings is 1. The highest BCUT2D eigenvalue weighted by Gasteiger charge is 2.20. The number of guanidine groups is 1. The van der Waals surface area contributed by atoms with Crippen molar-refractivity contribution in [1.82, 2.24) is 10.2 Å². The first kappa shape index (κ1) is 17.4. The zero-order valence-corrected chi connectivity index (χ0v) is 15.5. The van der Waals surface area contributed by atoms with E-state index in [4.69, 9.17) is 4.42 Å². The van der Waals surface area contributed by atoms with Gasteiger partial charge in [-0.3, -0.25) is 4.99 Å². The zero-order valence-electron chi connectivity index (χ0n) is 15.5. The van der Waals surface area contributed by atoms with Gasteiger partial charge in [-0.1, -0.05) is 6.07 Å². The van der Waals surface area contributed by atoms with Crippen LogP contribution in [-0.4, -0.2) is 50.6 Å². The van der Waals surface area contributed by atoms with Crippen molar-refractivity contribution in [3.63, 3.8) is 0 Å². The third-order valence-electron chi connectivity index (χ3n) is 4.88. The van der Waals surface area contributed by atoms with E-state index < -0.39 is 0 Å². The lowest BCUT2D eigenvalue weighted by molar-refractivity contribution is 0.372. The maximum Gasteiger partial charge on any atom is 0.193 e. The number of anilines is 1. The molecule has 2 heterocycles. The maximum absolute atomic E-state index is 5.38. The van der Waals surface area contributed by atoms with Crippen molar-refractivity contribution >= 4 is 11.6 Å². The second-order valence-electron chi connectivity index (χ2n) is 6.55.